The van der Waals surface area contributed by atoms with Crippen molar-refractivity contribution in [2.24, 2.45) is 0 Å². The van der Waals surface area contributed by atoms with Gasteiger partial charge >= 0.3 is 0 Å². The highest BCUT2D eigenvalue weighted by Gasteiger charge is 2.16. The van der Waals surface area contributed by atoms with Crippen LogP contribution in [0.4, 0.5) is 0 Å². The van der Waals surface area contributed by atoms with Crippen molar-refractivity contribution in [2.45, 2.75) is 45.6 Å². The van der Waals surface area contributed by atoms with Gasteiger partial charge in [-0.1, -0.05) is 36.0 Å². The molecular formula is C22H30N5O2S+. The molecule has 0 saturated heterocycles. The number of aromatic nitrogens is 3. The van der Waals surface area contributed by atoms with E-state index in [-0.39, 0.29) is 5.91 Å². The standard InChI is InChI=1S/C22H29N5O2S/c1-4-26(5-2)15-18-11-9-17(10-12-18)14-23-20(28)16-30-22-25-24-21(27(22)6-3)19-8-7-13-29-19/h7-13H,4-6,14-16H2,1-3H3,(H,23,28)/p+1. The minimum absolute atomic E-state index is 0.0261. The van der Waals surface area contributed by atoms with Crippen molar-refractivity contribution in [1.29, 1.82) is 0 Å². The van der Waals surface area contributed by atoms with E-state index in [1.54, 1.807) is 11.2 Å². The summed E-state index contributed by atoms with van der Waals surface area (Å²) in [4.78, 5) is 13.9. The van der Waals surface area contributed by atoms with Gasteiger partial charge in [0.1, 0.15) is 6.54 Å². The van der Waals surface area contributed by atoms with Gasteiger partial charge in [0, 0.05) is 18.7 Å². The monoisotopic (exact) mass is 428 g/mol. The van der Waals surface area contributed by atoms with Gasteiger partial charge in [-0.25, -0.2) is 0 Å². The molecule has 0 atom stereocenters. The molecule has 30 heavy (non-hydrogen) atoms. The van der Waals surface area contributed by atoms with Gasteiger partial charge in [0.05, 0.1) is 25.1 Å². The molecule has 0 fully saturated rings. The molecule has 0 aliphatic rings. The van der Waals surface area contributed by atoms with E-state index in [0.29, 0.717) is 35.6 Å². The van der Waals surface area contributed by atoms with Gasteiger partial charge < -0.3 is 14.6 Å². The van der Waals surface area contributed by atoms with E-state index in [1.807, 2.05) is 23.6 Å². The summed E-state index contributed by atoms with van der Waals surface area (Å²) >= 11 is 1.38. The third-order valence-electron chi connectivity index (χ3n) is 5.07. The summed E-state index contributed by atoms with van der Waals surface area (Å²) in [5, 5.41) is 12.1. The summed E-state index contributed by atoms with van der Waals surface area (Å²) in [5.41, 5.74) is 2.43. The molecule has 2 heterocycles. The maximum atomic E-state index is 12.3. The Labute approximate surface area is 181 Å². The summed E-state index contributed by atoms with van der Waals surface area (Å²) in [6.07, 6.45) is 1.61. The first-order chi connectivity index (χ1) is 14.6. The molecule has 160 valence electrons. The van der Waals surface area contributed by atoms with Crippen LogP contribution < -0.4 is 10.2 Å². The fourth-order valence-corrected chi connectivity index (χ4v) is 4.05. The van der Waals surface area contributed by atoms with Crippen LogP contribution in [0.25, 0.3) is 11.6 Å². The zero-order valence-electron chi connectivity index (χ0n) is 17.9. The first-order valence-corrected chi connectivity index (χ1v) is 11.4. The van der Waals surface area contributed by atoms with Crippen molar-refractivity contribution in [3.05, 3.63) is 53.8 Å². The van der Waals surface area contributed by atoms with Gasteiger partial charge in [-0.2, -0.15) is 0 Å². The molecule has 1 amide bonds. The highest BCUT2D eigenvalue weighted by Crippen LogP contribution is 2.24. The molecule has 7 nitrogen and oxygen atoms in total. The third kappa shape index (κ3) is 5.73. The van der Waals surface area contributed by atoms with Crippen LogP contribution >= 0.6 is 11.8 Å². The molecular weight excluding hydrogens is 398 g/mol. The average Bonchev–Trinajstić information content (AvgIpc) is 3.44. The highest BCUT2D eigenvalue weighted by molar-refractivity contribution is 7.99. The highest BCUT2D eigenvalue weighted by atomic mass is 32.2. The van der Waals surface area contributed by atoms with E-state index in [0.717, 1.165) is 25.2 Å². The predicted octanol–water partition coefficient (Wildman–Crippen LogP) is 2.39. The van der Waals surface area contributed by atoms with Gasteiger partial charge in [-0.3, -0.25) is 9.36 Å². The first-order valence-electron chi connectivity index (χ1n) is 10.4. The predicted molar refractivity (Wildman–Crippen MR) is 118 cm³/mol. The lowest BCUT2D eigenvalue weighted by Gasteiger charge is -2.15. The number of nitrogens with zero attached hydrogens (tertiary/aromatic N) is 3. The fourth-order valence-electron chi connectivity index (χ4n) is 3.21. The quantitative estimate of drug-likeness (QED) is 0.459. The Hall–Kier alpha value is -2.58. The Morgan fingerprint density at radius 3 is 2.47 bits per heavy atom. The van der Waals surface area contributed by atoms with Crippen molar-refractivity contribution in [1.82, 2.24) is 20.1 Å². The fraction of sp³-hybridized carbons (Fsp3) is 0.409. The zero-order chi connectivity index (χ0) is 21.3. The van der Waals surface area contributed by atoms with Crippen LogP contribution in [0.5, 0.6) is 0 Å². The zero-order valence-corrected chi connectivity index (χ0v) is 18.7. The van der Waals surface area contributed by atoms with Gasteiger partial charge in [-0.15, -0.1) is 10.2 Å². The van der Waals surface area contributed by atoms with Crippen molar-refractivity contribution < 1.29 is 14.1 Å². The Balaban J connectivity index is 1.49. The van der Waals surface area contributed by atoms with Crippen LogP contribution in [0.3, 0.4) is 0 Å². The van der Waals surface area contributed by atoms with Crippen LogP contribution in [-0.2, 0) is 24.4 Å². The van der Waals surface area contributed by atoms with Gasteiger partial charge in [0.2, 0.25) is 5.91 Å². The smallest absolute Gasteiger partial charge is 0.230 e. The number of rotatable bonds is 11. The van der Waals surface area contributed by atoms with Crippen LogP contribution in [0.1, 0.15) is 31.9 Å². The second-order valence-electron chi connectivity index (χ2n) is 7.04. The van der Waals surface area contributed by atoms with E-state index < -0.39 is 0 Å². The van der Waals surface area contributed by atoms with Crippen LogP contribution in [0, 0.1) is 0 Å². The largest absolute Gasteiger partial charge is 0.461 e. The Morgan fingerprint density at radius 1 is 1.10 bits per heavy atom. The number of furan rings is 1. The minimum atomic E-state index is -0.0261. The van der Waals surface area contributed by atoms with E-state index in [2.05, 4.69) is 53.6 Å². The molecule has 0 unspecified atom stereocenters. The SMILES string of the molecule is CCn1c(SCC(=O)NCc2ccc(C[NH+](CC)CC)cc2)nnc1-c1ccco1. The van der Waals surface area contributed by atoms with Gasteiger partial charge in [0.15, 0.2) is 16.7 Å². The van der Waals surface area contributed by atoms with Crippen LogP contribution in [0.2, 0.25) is 0 Å². The molecule has 2 aromatic heterocycles. The topological polar surface area (TPSA) is 77.4 Å². The van der Waals surface area contributed by atoms with E-state index in [1.165, 1.54) is 17.3 Å². The number of carbonyl (C=O) groups excluding carboxylic acids is 1. The summed E-state index contributed by atoms with van der Waals surface area (Å²) < 4.78 is 7.37. The Morgan fingerprint density at radius 2 is 1.83 bits per heavy atom. The number of nitrogens with one attached hydrogen (secondary N) is 2. The maximum Gasteiger partial charge on any atom is 0.230 e. The van der Waals surface area contributed by atoms with Gasteiger partial charge in [-0.05, 0) is 38.5 Å². The van der Waals surface area contributed by atoms with E-state index >= 15 is 0 Å². The summed E-state index contributed by atoms with van der Waals surface area (Å²) in [6.45, 7) is 11.0. The van der Waals surface area contributed by atoms with E-state index in [9.17, 15) is 4.79 Å². The molecule has 3 rings (SSSR count). The molecule has 2 N–H and O–H groups in total. The normalized spacial score (nSPS) is 11.2. The lowest BCUT2D eigenvalue weighted by atomic mass is 10.1. The number of amides is 1. The number of carbonyl (C=O) groups is 1. The average molecular weight is 429 g/mol. The molecule has 3 aromatic rings. The summed E-state index contributed by atoms with van der Waals surface area (Å²) in [6, 6.07) is 12.2. The lowest BCUT2D eigenvalue weighted by Crippen LogP contribution is -3.10. The number of hydrogen-bond donors (Lipinski definition) is 2. The van der Waals surface area contributed by atoms with Crippen molar-refractivity contribution in [3.63, 3.8) is 0 Å². The number of benzene rings is 1. The second-order valence-corrected chi connectivity index (χ2v) is 7.99. The first kappa shape index (κ1) is 22.1. The van der Waals surface area contributed by atoms with Crippen molar-refractivity contribution >= 4 is 17.7 Å². The Bertz CT molecular complexity index is 918. The minimum Gasteiger partial charge on any atom is -0.461 e. The van der Waals surface area contributed by atoms with Crippen LogP contribution in [-0.4, -0.2) is 39.5 Å². The third-order valence-corrected chi connectivity index (χ3v) is 6.04. The van der Waals surface area contributed by atoms with Crippen LogP contribution in [0.15, 0.2) is 52.2 Å². The summed E-state index contributed by atoms with van der Waals surface area (Å²) in [5.74, 6) is 1.62. The number of thioether (sulfide) groups is 1. The maximum absolute atomic E-state index is 12.3. The molecule has 0 radical (unpaired) electrons. The molecule has 0 spiro atoms. The van der Waals surface area contributed by atoms with Crippen molar-refractivity contribution in [2.75, 3.05) is 18.8 Å². The lowest BCUT2D eigenvalue weighted by molar-refractivity contribution is -0.910. The Kier molecular flexibility index (Phi) is 8.10. The molecule has 0 aliphatic carbocycles. The number of hydrogen-bond acceptors (Lipinski definition) is 5. The molecule has 0 bridgehead atoms. The van der Waals surface area contributed by atoms with Crippen molar-refractivity contribution in [3.8, 4) is 11.6 Å². The number of quaternary nitrogens is 1. The van der Waals surface area contributed by atoms with Gasteiger partial charge in [0.25, 0.3) is 0 Å². The molecule has 1 aromatic carbocycles. The molecule has 0 aliphatic heterocycles. The molecule has 8 heteroatoms. The van der Waals surface area contributed by atoms with E-state index in [4.69, 9.17) is 4.42 Å². The summed E-state index contributed by atoms with van der Waals surface area (Å²) in [7, 11) is 0. The molecule has 0 saturated carbocycles. The second kappa shape index (κ2) is 11.0.